The zero-order chi connectivity index (χ0) is 14.0. The molecule has 1 aromatic heterocycles. The number of nitrogens with one attached hydrogen (secondary N) is 1. The highest BCUT2D eigenvalue weighted by Crippen LogP contribution is 2.32. The Labute approximate surface area is 120 Å². The van der Waals surface area contributed by atoms with Crippen LogP contribution in [0.1, 0.15) is 44.0 Å². The molecule has 108 valence electrons. The van der Waals surface area contributed by atoms with E-state index in [0.717, 1.165) is 35.2 Å². The number of aromatic nitrogens is 2. The number of rotatable bonds is 4. The van der Waals surface area contributed by atoms with Crippen molar-refractivity contribution in [3.8, 4) is 0 Å². The van der Waals surface area contributed by atoms with E-state index in [-0.39, 0.29) is 12.1 Å². The molecular formula is C14H24ClN3O. The second-order valence-corrected chi connectivity index (χ2v) is 6.32. The Morgan fingerprint density at radius 2 is 2.11 bits per heavy atom. The molecule has 0 atom stereocenters. The summed E-state index contributed by atoms with van der Waals surface area (Å²) in [5.41, 5.74) is 1.70. The predicted molar refractivity (Wildman–Crippen MR) is 77.2 cm³/mol. The van der Waals surface area contributed by atoms with Crippen LogP contribution in [-0.4, -0.2) is 27.0 Å². The summed E-state index contributed by atoms with van der Waals surface area (Å²) in [7, 11) is 1.91. The minimum absolute atomic E-state index is 0.145. The maximum Gasteiger partial charge on any atom is 0.0860 e. The SMILES string of the molecule is Cc1nn(C)c(CNC2(CO)CCC(C)CC2)c1Cl. The predicted octanol–water partition coefficient (Wildman–Crippen LogP) is 2.41. The first-order chi connectivity index (χ1) is 8.97. The molecule has 2 rings (SSSR count). The van der Waals surface area contributed by atoms with E-state index in [1.807, 2.05) is 18.7 Å². The van der Waals surface area contributed by atoms with E-state index in [0.29, 0.717) is 6.54 Å². The van der Waals surface area contributed by atoms with Crippen molar-refractivity contribution in [3.63, 3.8) is 0 Å². The van der Waals surface area contributed by atoms with Crippen molar-refractivity contribution in [2.45, 2.75) is 51.6 Å². The number of aliphatic hydroxyl groups is 1. The Kier molecular flexibility index (Phi) is 4.54. The summed E-state index contributed by atoms with van der Waals surface area (Å²) in [5.74, 6) is 0.768. The summed E-state index contributed by atoms with van der Waals surface area (Å²) < 4.78 is 1.82. The van der Waals surface area contributed by atoms with E-state index in [9.17, 15) is 5.11 Å². The Morgan fingerprint density at radius 1 is 1.47 bits per heavy atom. The number of aryl methyl sites for hydroxylation is 2. The molecule has 0 saturated heterocycles. The van der Waals surface area contributed by atoms with E-state index in [2.05, 4.69) is 17.3 Å². The van der Waals surface area contributed by atoms with Crippen molar-refractivity contribution >= 4 is 11.6 Å². The van der Waals surface area contributed by atoms with Crippen molar-refractivity contribution in [3.05, 3.63) is 16.4 Å². The fourth-order valence-corrected chi connectivity index (χ4v) is 3.08. The van der Waals surface area contributed by atoms with Crippen LogP contribution in [0.4, 0.5) is 0 Å². The first-order valence-corrected chi connectivity index (χ1v) is 7.39. The molecule has 1 aromatic rings. The summed E-state index contributed by atoms with van der Waals surface area (Å²) in [6.07, 6.45) is 4.40. The topological polar surface area (TPSA) is 50.1 Å². The quantitative estimate of drug-likeness (QED) is 0.893. The standard InChI is InChI=1S/C14H24ClN3O/c1-10-4-6-14(9-19,7-5-10)16-8-12-13(15)11(2)17-18(12)3/h10,16,19H,4-9H2,1-3H3. The van der Waals surface area contributed by atoms with Gasteiger partial charge in [0.2, 0.25) is 0 Å². The van der Waals surface area contributed by atoms with Crippen molar-refractivity contribution in [2.75, 3.05) is 6.61 Å². The minimum Gasteiger partial charge on any atom is -0.394 e. The van der Waals surface area contributed by atoms with Gasteiger partial charge in [0.15, 0.2) is 0 Å². The van der Waals surface area contributed by atoms with Crippen molar-refractivity contribution in [2.24, 2.45) is 13.0 Å². The third-order valence-corrected chi connectivity index (χ3v) is 4.92. The molecule has 19 heavy (non-hydrogen) atoms. The van der Waals surface area contributed by atoms with E-state index < -0.39 is 0 Å². The molecule has 0 radical (unpaired) electrons. The van der Waals surface area contributed by atoms with Crippen molar-refractivity contribution in [1.82, 2.24) is 15.1 Å². The lowest BCUT2D eigenvalue weighted by molar-refractivity contribution is 0.103. The van der Waals surface area contributed by atoms with E-state index in [1.54, 1.807) is 0 Å². The number of nitrogens with zero attached hydrogens (tertiary/aromatic N) is 2. The zero-order valence-corrected chi connectivity index (χ0v) is 12.8. The van der Waals surface area contributed by atoms with E-state index in [1.165, 1.54) is 12.8 Å². The van der Waals surface area contributed by atoms with Crippen LogP contribution in [0.25, 0.3) is 0 Å². The summed E-state index contributed by atoms with van der Waals surface area (Å²) in [5, 5.41) is 18.3. The van der Waals surface area contributed by atoms with Gasteiger partial charge < -0.3 is 10.4 Å². The summed E-state index contributed by atoms with van der Waals surface area (Å²) in [6.45, 7) is 5.04. The van der Waals surface area contributed by atoms with Crippen LogP contribution in [0, 0.1) is 12.8 Å². The first kappa shape index (κ1) is 14.8. The van der Waals surface area contributed by atoms with Crippen LogP contribution in [0.3, 0.4) is 0 Å². The molecule has 2 N–H and O–H groups in total. The fourth-order valence-electron chi connectivity index (χ4n) is 2.85. The molecule has 1 heterocycles. The second kappa shape index (κ2) is 5.81. The van der Waals surface area contributed by atoms with Gasteiger partial charge in [0.1, 0.15) is 0 Å². The average molecular weight is 286 g/mol. The van der Waals surface area contributed by atoms with Crippen molar-refractivity contribution in [1.29, 1.82) is 0 Å². The number of hydrogen-bond donors (Lipinski definition) is 2. The van der Waals surface area contributed by atoms with Gasteiger partial charge in [-0.2, -0.15) is 5.10 Å². The summed E-state index contributed by atoms with van der Waals surface area (Å²) >= 11 is 6.26. The maximum absolute atomic E-state index is 9.73. The number of aliphatic hydroxyl groups excluding tert-OH is 1. The minimum atomic E-state index is -0.145. The van der Waals surface area contributed by atoms with Crippen LogP contribution >= 0.6 is 11.6 Å². The van der Waals surface area contributed by atoms with E-state index in [4.69, 9.17) is 11.6 Å². The van der Waals surface area contributed by atoms with Crippen LogP contribution < -0.4 is 5.32 Å². The van der Waals surface area contributed by atoms with Gasteiger partial charge in [0, 0.05) is 19.1 Å². The molecule has 1 aliphatic carbocycles. The molecule has 1 fully saturated rings. The maximum atomic E-state index is 9.73. The smallest absolute Gasteiger partial charge is 0.0860 e. The van der Waals surface area contributed by atoms with Gasteiger partial charge in [-0.25, -0.2) is 0 Å². The largest absolute Gasteiger partial charge is 0.394 e. The van der Waals surface area contributed by atoms with Gasteiger partial charge in [0.25, 0.3) is 0 Å². The highest BCUT2D eigenvalue weighted by Gasteiger charge is 2.33. The Hall–Kier alpha value is -0.580. The molecule has 0 unspecified atom stereocenters. The monoisotopic (exact) mass is 285 g/mol. The average Bonchev–Trinajstić information content (AvgIpc) is 2.64. The molecule has 4 nitrogen and oxygen atoms in total. The lowest BCUT2D eigenvalue weighted by atomic mass is 9.77. The molecule has 1 aliphatic rings. The summed E-state index contributed by atoms with van der Waals surface area (Å²) in [4.78, 5) is 0. The molecule has 0 amide bonds. The third kappa shape index (κ3) is 3.12. The Morgan fingerprint density at radius 3 is 2.58 bits per heavy atom. The lowest BCUT2D eigenvalue weighted by Crippen LogP contribution is -2.50. The first-order valence-electron chi connectivity index (χ1n) is 7.01. The van der Waals surface area contributed by atoms with Crippen LogP contribution in [0.2, 0.25) is 5.02 Å². The highest BCUT2D eigenvalue weighted by molar-refractivity contribution is 6.31. The number of halogens is 1. The van der Waals surface area contributed by atoms with Gasteiger partial charge in [-0.1, -0.05) is 18.5 Å². The van der Waals surface area contributed by atoms with Crippen LogP contribution in [-0.2, 0) is 13.6 Å². The van der Waals surface area contributed by atoms with Gasteiger partial charge in [0.05, 0.1) is 23.0 Å². The number of hydrogen-bond acceptors (Lipinski definition) is 3. The van der Waals surface area contributed by atoms with Gasteiger partial charge in [-0.15, -0.1) is 0 Å². The Bertz CT molecular complexity index is 436. The molecule has 0 spiro atoms. The molecular weight excluding hydrogens is 262 g/mol. The normalized spacial score (nSPS) is 27.7. The molecule has 0 bridgehead atoms. The molecule has 5 heteroatoms. The fraction of sp³-hybridized carbons (Fsp3) is 0.786. The van der Waals surface area contributed by atoms with E-state index >= 15 is 0 Å². The third-order valence-electron chi connectivity index (χ3n) is 4.43. The second-order valence-electron chi connectivity index (χ2n) is 5.94. The Balaban J connectivity index is 2.04. The van der Waals surface area contributed by atoms with Crippen molar-refractivity contribution < 1.29 is 5.11 Å². The van der Waals surface area contributed by atoms with Crippen LogP contribution in [0.15, 0.2) is 0 Å². The van der Waals surface area contributed by atoms with Gasteiger partial charge in [-0.3, -0.25) is 4.68 Å². The lowest BCUT2D eigenvalue weighted by Gasteiger charge is -2.39. The zero-order valence-electron chi connectivity index (χ0n) is 12.0. The molecule has 0 aliphatic heterocycles. The summed E-state index contributed by atoms with van der Waals surface area (Å²) in [6, 6.07) is 0. The molecule has 0 aromatic carbocycles. The van der Waals surface area contributed by atoms with Gasteiger partial charge >= 0.3 is 0 Å². The van der Waals surface area contributed by atoms with Gasteiger partial charge in [-0.05, 0) is 38.5 Å². The molecule has 1 saturated carbocycles. The van der Waals surface area contributed by atoms with Crippen LogP contribution in [0.5, 0.6) is 0 Å². The highest BCUT2D eigenvalue weighted by atomic mass is 35.5.